The molecule has 1 aromatic heterocycles. The highest BCUT2D eigenvalue weighted by Crippen LogP contribution is 2.24. The van der Waals surface area contributed by atoms with Crippen LogP contribution in [0, 0.1) is 6.92 Å². The average molecular weight is 236 g/mol. The molecule has 0 saturated carbocycles. The molecule has 0 radical (unpaired) electrons. The molecule has 3 nitrogen and oxygen atoms in total. The van der Waals surface area contributed by atoms with Crippen LogP contribution in [-0.4, -0.2) is 24.7 Å². The van der Waals surface area contributed by atoms with E-state index in [-0.39, 0.29) is 12.1 Å². The summed E-state index contributed by atoms with van der Waals surface area (Å²) in [7, 11) is 1.98. The largest absolute Gasteiger partial charge is 0.377 e. The first kappa shape index (κ1) is 14.1. The normalized spacial score (nSPS) is 14.6. The van der Waals surface area contributed by atoms with Gasteiger partial charge in [-0.3, -0.25) is 4.98 Å². The summed E-state index contributed by atoms with van der Waals surface area (Å²) in [4.78, 5) is 4.22. The minimum Gasteiger partial charge on any atom is -0.377 e. The van der Waals surface area contributed by atoms with Gasteiger partial charge in [0.1, 0.15) is 0 Å². The quantitative estimate of drug-likeness (QED) is 0.790. The molecule has 0 aromatic carbocycles. The van der Waals surface area contributed by atoms with Crippen molar-refractivity contribution in [1.82, 2.24) is 10.3 Å². The van der Waals surface area contributed by atoms with Crippen molar-refractivity contribution in [3.8, 4) is 0 Å². The van der Waals surface area contributed by atoms with E-state index in [0.717, 1.165) is 19.4 Å². The van der Waals surface area contributed by atoms with Crippen LogP contribution in [-0.2, 0) is 4.74 Å². The Morgan fingerprint density at radius 2 is 2.18 bits per heavy atom. The molecule has 0 fully saturated rings. The van der Waals surface area contributed by atoms with Gasteiger partial charge in [-0.1, -0.05) is 13.3 Å². The fraction of sp³-hybridized carbons (Fsp3) is 0.643. The highest BCUT2D eigenvalue weighted by molar-refractivity contribution is 5.26. The second-order valence-electron chi connectivity index (χ2n) is 4.28. The van der Waals surface area contributed by atoms with Crippen molar-refractivity contribution in [2.75, 3.05) is 13.7 Å². The first-order valence-electron chi connectivity index (χ1n) is 6.43. The number of rotatable bonds is 7. The number of hydrogen-bond acceptors (Lipinski definition) is 3. The lowest BCUT2D eigenvalue weighted by Crippen LogP contribution is -2.32. The van der Waals surface area contributed by atoms with E-state index in [4.69, 9.17) is 4.74 Å². The molecule has 3 heteroatoms. The summed E-state index contributed by atoms with van der Waals surface area (Å²) < 4.78 is 5.85. The first-order valence-corrected chi connectivity index (χ1v) is 6.43. The number of aromatic nitrogens is 1. The van der Waals surface area contributed by atoms with Gasteiger partial charge in [-0.25, -0.2) is 0 Å². The Labute approximate surface area is 105 Å². The number of aryl methyl sites for hydroxylation is 1. The van der Waals surface area contributed by atoms with E-state index < -0.39 is 0 Å². The molecule has 0 spiro atoms. The predicted molar refractivity (Wildman–Crippen MR) is 71.1 cm³/mol. The van der Waals surface area contributed by atoms with Gasteiger partial charge >= 0.3 is 0 Å². The van der Waals surface area contributed by atoms with Crippen LogP contribution in [0.2, 0.25) is 0 Å². The lowest BCUT2D eigenvalue weighted by atomic mass is 9.96. The Kier molecular flexibility index (Phi) is 6.16. The lowest BCUT2D eigenvalue weighted by Gasteiger charge is -2.27. The lowest BCUT2D eigenvalue weighted by molar-refractivity contribution is 0.0293. The molecule has 1 heterocycles. The maximum absolute atomic E-state index is 5.85. The SMILES string of the molecule is CCCC(OCC)C(NC)c1cnccc1C. The predicted octanol–water partition coefficient (Wildman–Crippen LogP) is 2.86. The van der Waals surface area contributed by atoms with Crippen LogP contribution < -0.4 is 5.32 Å². The maximum Gasteiger partial charge on any atom is 0.0770 e. The zero-order valence-electron chi connectivity index (χ0n) is 11.4. The summed E-state index contributed by atoms with van der Waals surface area (Å²) >= 11 is 0. The minimum atomic E-state index is 0.220. The summed E-state index contributed by atoms with van der Waals surface area (Å²) in [6.45, 7) is 7.11. The van der Waals surface area contributed by atoms with Crippen LogP contribution in [0.3, 0.4) is 0 Å². The van der Waals surface area contributed by atoms with Crippen LogP contribution in [0.5, 0.6) is 0 Å². The number of pyridine rings is 1. The molecular weight excluding hydrogens is 212 g/mol. The van der Waals surface area contributed by atoms with Gasteiger partial charge in [0.25, 0.3) is 0 Å². The fourth-order valence-corrected chi connectivity index (χ4v) is 2.19. The monoisotopic (exact) mass is 236 g/mol. The van der Waals surface area contributed by atoms with Gasteiger partial charge < -0.3 is 10.1 Å². The summed E-state index contributed by atoms with van der Waals surface area (Å²) in [5, 5.41) is 3.36. The smallest absolute Gasteiger partial charge is 0.0770 e. The van der Waals surface area contributed by atoms with Crippen molar-refractivity contribution in [2.45, 2.75) is 45.8 Å². The van der Waals surface area contributed by atoms with E-state index in [1.165, 1.54) is 11.1 Å². The van der Waals surface area contributed by atoms with Gasteiger partial charge in [0.05, 0.1) is 12.1 Å². The number of ether oxygens (including phenoxy) is 1. The first-order chi connectivity index (χ1) is 8.24. The molecule has 2 atom stereocenters. The van der Waals surface area contributed by atoms with E-state index in [1.54, 1.807) is 0 Å². The molecule has 0 saturated heterocycles. The van der Waals surface area contributed by atoms with Crippen molar-refractivity contribution in [2.24, 2.45) is 0 Å². The van der Waals surface area contributed by atoms with Crippen LogP contribution in [0.25, 0.3) is 0 Å². The molecule has 2 unspecified atom stereocenters. The van der Waals surface area contributed by atoms with Crippen molar-refractivity contribution in [3.63, 3.8) is 0 Å². The molecule has 0 amide bonds. The van der Waals surface area contributed by atoms with Crippen LogP contribution in [0.1, 0.15) is 43.9 Å². The fourth-order valence-electron chi connectivity index (χ4n) is 2.19. The molecule has 1 N–H and O–H groups in total. The zero-order valence-corrected chi connectivity index (χ0v) is 11.4. The van der Waals surface area contributed by atoms with Gasteiger partial charge in [-0.15, -0.1) is 0 Å². The standard InChI is InChI=1S/C14H24N2O/c1-5-7-13(17-6-2)14(15-4)12-10-16-9-8-11(12)3/h8-10,13-15H,5-7H2,1-4H3. The van der Waals surface area contributed by atoms with Gasteiger partial charge in [0.15, 0.2) is 0 Å². The molecule has 0 aliphatic heterocycles. The third-order valence-corrected chi connectivity index (χ3v) is 3.05. The van der Waals surface area contributed by atoms with Crippen LogP contribution >= 0.6 is 0 Å². The number of nitrogens with one attached hydrogen (secondary N) is 1. The molecule has 17 heavy (non-hydrogen) atoms. The van der Waals surface area contributed by atoms with E-state index in [2.05, 4.69) is 30.2 Å². The van der Waals surface area contributed by atoms with Crippen molar-refractivity contribution < 1.29 is 4.74 Å². The Morgan fingerprint density at radius 1 is 1.41 bits per heavy atom. The number of nitrogens with zero attached hydrogens (tertiary/aromatic N) is 1. The second kappa shape index (κ2) is 7.41. The highest BCUT2D eigenvalue weighted by Gasteiger charge is 2.22. The van der Waals surface area contributed by atoms with Crippen LogP contribution in [0.15, 0.2) is 18.5 Å². The Bertz CT molecular complexity index is 322. The summed E-state index contributed by atoms with van der Waals surface area (Å²) in [6.07, 6.45) is 6.19. The molecule has 0 bridgehead atoms. The third-order valence-electron chi connectivity index (χ3n) is 3.05. The average Bonchev–Trinajstić information content (AvgIpc) is 2.33. The Morgan fingerprint density at radius 3 is 2.71 bits per heavy atom. The second-order valence-corrected chi connectivity index (χ2v) is 4.28. The molecule has 0 aliphatic rings. The van der Waals surface area contributed by atoms with E-state index in [9.17, 15) is 0 Å². The highest BCUT2D eigenvalue weighted by atomic mass is 16.5. The molecular formula is C14H24N2O. The number of hydrogen-bond donors (Lipinski definition) is 1. The molecule has 96 valence electrons. The van der Waals surface area contributed by atoms with Gasteiger partial charge in [-0.05, 0) is 44.5 Å². The molecule has 0 aliphatic carbocycles. The minimum absolute atomic E-state index is 0.220. The molecule has 1 rings (SSSR count). The van der Waals surface area contributed by atoms with E-state index >= 15 is 0 Å². The van der Waals surface area contributed by atoms with Gasteiger partial charge in [0.2, 0.25) is 0 Å². The van der Waals surface area contributed by atoms with Gasteiger partial charge in [0, 0.05) is 19.0 Å². The Balaban J connectivity index is 2.91. The summed E-state index contributed by atoms with van der Waals surface area (Å²) in [6, 6.07) is 2.28. The zero-order chi connectivity index (χ0) is 12.7. The van der Waals surface area contributed by atoms with Gasteiger partial charge in [-0.2, -0.15) is 0 Å². The number of likely N-dealkylation sites (N-methyl/N-ethyl adjacent to an activating group) is 1. The van der Waals surface area contributed by atoms with Crippen molar-refractivity contribution in [1.29, 1.82) is 0 Å². The Hall–Kier alpha value is -0.930. The van der Waals surface area contributed by atoms with Crippen LogP contribution in [0.4, 0.5) is 0 Å². The summed E-state index contributed by atoms with van der Waals surface area (Å²) in [5.41, 5.74) is 2.50. The third kappa shape index (κ3) is 3.79. The topological polar surface area (TPSA) is 34.1 Å². The maximum atomic E-state index is 5.85. The van der Waals surface area contributed by atoms with E-state index in [0.29, 0.717) is 0 Å². The summed E-state index contributed by atoms with van der Waals surface area (Å²) in [5.74, 6) is 0. The molecule has 1 aromatic rings. The van der Waals surface area contributed by atoms with Crippen molar-refractivity contribution >= 4 is 0 Å². The van der Waals surface area contributed by atoms with E-state index in [1.807, 2.05) is 26.4 Å². The van der Waals surface area contributed by atoms with Crippen molar-refractivity contribution in [3.05, 3.63) is 29.6 Å².